The van der Waals surface area contributed by atoms with E-state index in [4.69, 9.17) is 18.9 Å². The predicted molar refractivity (Wildman–Crippen MR) is 144 cm³/mol. The Morgan fingerprint density at radius 2 is 1.62 bits per heavy atom. The Bertz CT molecular complexity index is 1550. The van der Waals surface area contributed by atoms with Gasteiger partial charge in [-0.2, -0.15) is 0 Å². The molecule has 0 spiro atoms. The van der Waals surface area contributed by atoms with Crippen molar-refractivity contribution >= 4 is 78.6 Å². The van der Waals surface area contributed by atoms with Crippen molar-refractivity contribution in [3.63, 3.8) is 0 Å². The average molecular weight is 577 g/mol. The van der Waals surface area contributed by atoms with Gasteiger partial charge in [-0.3, -0.25) is 0 Å². The minimum absolute atomic E-state index is 0.0391. The fourth-order valence-electron chi connectivity index (χ4n) is 3.59. The molecule has 0 radical (unpaired) electrons. The highest BCUT2D eigenvalue weighted by molar-refractivity contribution is 8.05. The van der Waals surface area contributed by atoms with E-state index < -0.39 is 23.3 Å². The van der Waals surface area contributed by atoms with Gasteiger partial charge in [0, 0.05) is 12.1 Å². The maximum absolute atomic E-state index is 13.3. The average Bonchev–Trinajstić information content (AvgIpc) is 3.57. The van der Waals surface area contributed by atoms with E-state index in [0.29, 0.717) is 25.7 Å². The first kappa shape index (κ1) is 25.6. The monoisotopic (exact) mass is 576 g/mol. The fourth-order valence-corrected chi connectivity index (χ4v) is 8.07. The molecule has 0 saturated heterocycles. The van der Waals surface area contributed by atoms with E-state index >= 15 is 0 Å². The van der Waals surface area contributed by atoms with E-state index in [1.165, 1.54) is 34.4 Å². The summed E-state index contributed by atoms with van der Waals surface area (Å²) in [4.78, 5) is 35.0. The first-order valence-electron chi connectivity index (χ1n) is 10.9. The molecule has 0 saturated carbocycles. The van der Waals surface area contributed by atoms with Crippen molar-refractivity contribution < 1.29 is 33.6 Å². The lowest BCUT2D eigenvalue weighted by atomic mass is 10.1. The molecule has 37 heavy (non-hydrogen) atoms. The molecule has 192 valence electrons. The molecule has 5 rings (SSSR count). The number of aliphatic hydroxyl groups excluding tert-OH is 1. The SMILES string of the molecule is CCOC(=O)C1(CSc2nc3cc(OC)ccc3s2)OC(=O)C(O)=C1Sc1nc2cc(OC)ccc2s1. The van der Waals surface area contributed by atoms with Gasteiger partial charge in [0.25, 0.3) is 5.60 Å². The van der Waals surface area contributed by atoms with E-state index in [1.54, 1.807) is 27.2 Å². The molecule has 2 aromatic carbocycles. The summed E-state index contributed by atoms with van der Waals surface area (Å²) in [5.41, 5.74) is -0.408. The van der Waals surface area contributed by atoms with Crippen LogP contribution in [0.3, 0.4) is 0 Å². The van der Waals surface area contributed by atoms with Crippen molar-refractivity contribution in [1.82, 2.24) is 9.97 Å². The van der Waals surface area contributed by atoms with E-state index in [2.05, 4.69) is 9.97 Å². The first-order chi connectivity index (χ1) is 17.9. The zero-order valence-corrected chi connectivity index (χ0v) is 23.1. The minimum atomic E-state index is -1.85. The van der Waals surface area contributed by atoms with Crippen LogP contribution < -0.4 is 9.47 Å². The Kier molecular flexibility index (Phi) is 7.21. The quantitative estimate of drug-likeness (QED) is 0.203. The second-order valence-corrected chi connectivity index (χ2v) is 12.2. The summed E-state index contributed by atoms with van der Waals surface area (Å²) in [6.07, 6.45) is 0. The van der Waals surface area contributed by atoms with Crippen molar-refractivity contribution in [1.29, 1.82) is 0 Å². The van der Waals surface area contributed by atoms with Crippen LogP contribution in [0.2, 0.25) is 0 Å². The zero-order valence-electron chi connectivity index (χ0n) is 19.8. The molecule has 1 aliphatic rings. The Morgan fingerprint density at radius 3 is 2.22 bits per heavy atom. The smallest absolute Gasteiger partial charge is 0.375 e. The number of esters is 2. The Hall–Kier alpha value is -3.00. The van der Waals surface area contributed by atoms with Gasteiger partial charge in [0.2, 0.25) is 5.76 Å². The predicted octanol–water partition coefficient (Wildman–Crippen LogP) is 5.44. The van der Waals surface area contributed by atoms with Crippen LogP contribution in [0.5, 0.6) is 11.5 Å². The Labute approximate surface area is 227 Å². The zero-order chi connectivity index (χ0) is 26.2. The standard InChI is InChI=1S/C24H20N2O7S4/c1-4-32-21(29)24(11-34-22-25-14-9-12(30-2)5-7-16(14)35-22)19(18(27)20(28)33-24)37-23-26-15-10-13(31-3)6-8-17(15)36-23/h5-10,27H,4,11H2,1-3H3. The highest BCUT2D eigenvalue weighted by Crippen LogP contribution is 2.48. The van der Waals surface area contributed by atoms with Crippen molar-refractivity contribution in [3.05, 3.63) is 47.1 Å². The number of thioether (sulfide) groups is 2. The van der Waals surface area contributed by atoms with Crippen LogP contribution >= 0.6 is 46.2 Å². The molecule has 0 bridgehead atoms. The summed E-state index contributed by atoms with van der Waals surface area (Å²) in [5, 5.41) is 10.7. The molecule has 0 aliphatic carbocycles. The van der Waals surface area contributed by atoms with Crippen LogP contribution in [-0.2, 0) is 19.1 Å². The number of fused-ring (bicyclic) bond motifs is 2. The van der Waals surface area contributed by atoms with Gasteiger partial charge >= 0.3 is 11.9 Å². The van der Waals surface area contributed by atoms with E-state index in [1.807, 2.05) is 30.3 Å². The van der Waals surface area contributed by atoms with Crippen LogP contribution in [0.25, 0.3) is 20.4 Å². The molecule has 1 N–H and O–H groups in total. The van der Waals surface area contributed by atoms with E-state index in [0.717, 1.165) is 26.7 Å². The lowest BCUT2D eigenvalue weighted by molar-refractivity contribution is -0.169. The molecule has 0 amide bonds. The van der Waals surface area contributed by atoms with Crippen LogP contribution in [0, 0.1) is 0 Å². The number of thiazole rings is 2. The van der Waals surface area contributed by atoms with Crippen LogP contribution in [0.1, 0.15) is 6.92 Å². The van der Waals surface area contributed by atoms with Crippen LogP contribution in [-0.4, -0.2) is 59.2 Å². The van der Waals surface area contributed by atoms with Crippen molar-refractivity contribution in [2.24, 2.45) is 0 Å². The number of cyclic esters (lactones) is 1. The topological polar surface area (TPSA) is 117 Å². The second kappa shape index (κ2) is 10.4. The van der Waals surface area contributed by atoms with Gasteiger partial charge in [-0.25, -0.2) is 19.6 Å². The van der Waals surface area contributed by atoms with Crippen LogP contribution in [0.15, 0.2) is 55.7 Å². The molecular weight excluding hydrogens is 557 g/mol. The minimum Gasteiger partial charge on any atom is -0.501 e. The van der Waals surface area contributed by atoms with Gasteiger partial charge in [0.05, 0.1) is 51.9 Å². The molecule has 2 aromatic heterocycles. The highest BCUT2D eigenvalue weighted by atomic mass is 32.2. The second-order valence-electron chi connectivity index (χ2n) is 7.63. The lowest BCUT2D eigenvalue weighted by Gasteiger charge is -2.26. The molecule has 3 heterocycles. The number of aliphatic hydroxyl groups is 1. The number of benzene rings is 2. The van der Waals surface area contributed by atoms with Crippen molar-refractivity contribution in [2.45, 2.75) is 21.2 Å². The van der Waals surface area contributed by atoms with Gasteiger partial charge in [0.1, 0.15) is 11.5 Å². The third-order valence-electron chi connectivity index (χ3n) is 5.39. The molecule has 1 aliphatic heterocycles. The number of hydrogen-bond acceptors (Lipinski definition) is 13. The number of methoxy groups -OCH3 is 2. The lowest BCUT2D eigenvalue weighted by Crippen LogP contribution is -2.44. The maximum atomic E-state index is 13.3. The Balaban J connectivity index is 1.48. The van der Waals surface area contributed by atoms with Crippen molar-refractivity contribution in [2.75, 3.05) is 26.6 Å². The molecule has 13 heteroatoms. The third-order valence-corrected chi connectivity index (χ3v) is 10.0. The summed E-state index contributed by atoms with van der Waals surface area (Å²) in [7, 11) is 3.15. The van der Waals surface area contributed by atoms with Gasteiger partial charge in [-0.05, 0) is 31.2 Å². The number of rotatable bonds is 9. The van der Waals surface area contributed by atoms with Gasteiger partial charge in [0.15, 0.2) is 8.68 Å². The summed E-state index contributed by atoms with van der Waals surface area (Å²) in [5.74, 6) is -1.10. The molecule has 1 atom stereocenters. The number of aromatic nitrogens is 2. The summed E-state index contributed by atoms with van der Waals surface area (Å²) in [6, 6.07) is 11.1. The summed E-state index contributed by atoms with van der Waals surface area (Å²) < 4.78 is 24.4. The highest BCUT2D eigenvalue weighted by Gasteiger charge is 2.56. The number of carbonyl (C=O) groups is 2. The molecule has 9 nitrogen and oxygen atoms in total. The largest absolute Gasteiger partial charge is 0.501 e. The summed E-state index contributed by atoms with van der Waals surface area (Å²) >= 11 is 5.04. The van der Waals surface area contributed by atoms with Crippen molar-refractivity contribution in [3.8, 4) is 11.5 Å². The van der Waals surface area contributed by atoms with E-state index in [9.17, 15) is 14.7 Å². The fraction of sp³-hybridized carbons (Fsp3) is 0.250. The number of nitrogens with zero attached hydrogens (tertiary/aromatic N) is 2. The number of hydrogen-bond donors (Lipinski definition) is 1. The van der Waals surface area contributed by atoms with Crippen LogP contribution in [0.4, 0.5) is 0 Å². The first-order valence-corrected chi connectivity index (χ1v) is 14.3. The third kappa shape index (κ3) is 4.83. The maximum Gasteiger partial charge on any atom is 0.375 e. The Morgan fingerprint density at radius 1 is 1.03 bits per heavy atom. The molecule has 0 fully saturated rings. The molecule has 4 aromatic rings. The molecular formula is C24H20N2O7S4. The van der Waals surface area contributed by atoms with Gasteiger partial charge < -0.3 is 24.1 Å². The van der Waals surface area contributed by atoms with Gasteiger partial charge in [-0.1, -0.05) is 23.5 Å². The normalized spacial score (nSPS) is 17.4. The number of carbonyl (C=O) groups excluding carboxylic acids is 2. The number of ether oxygens (including phenoxy) is 4. The molecule has 1 unspecified atom stereocenters. The summed E-state index contributed by atoms with van der Waals surface area (Å²) in [6.45, 7) is 1.73. The van der Waals surface area contributed by atoms with E-state index in [-0.39, 0.29) is 17.3 Å². The van der Waals surface area contributed by atoms with Gasteiger partial charge in [-0.15, -0.1) is 22.7 Å².